The van der Waals surface area contributed by atoms with Crippen LogP contribution in [0.1, 0.15) is 38.5 Å². The van der Waals surface area contributed by atoms with E-state index >= 15 is 0 Å². The third kappa shape index (κ3) is 2.94. The van der Waals surface area contributed by atoms with Crippen molar-refractivity contribution in [2.45, 2.75) is 44.7 Å². The van der Waals surface area contributed by atoms with E-state index in [1.807, 2.05) is 0 Å². The molecule has 3 nitrogen and oxygen atoms in total. The summed E-state index contributed by atoms with van der Waals surface area (Å²) in [5, 5.41) is 7.17. The van der Waals surface area contributed by atoms with Crippen molar-refractivity contribution in [2.24, 2.45) is 0 Å². The molecule has 2 aliphatic rings. The van der Waals surface area contributed by atoms with Gasteiger partial charge in [-0.3, -0.25) is 4.90 Å². The molecule has 3 heteroatoms. The van der Waals surface area contributed by atoms with E-state index in [1.54, 1.807) is 0 Å². The van der Waals surface area contributed by atoms with E-state index in [1.165, 1.54) is 58.2 Å². The molecular weight excluding hydrogens is 174 g/mol. The van der Waals surface area contributed by atoms with Crippen LogP contribution in [0, 0.1) is 0 Å². The van der Waals surface area contributed by atoms with Crippen LogP contribution in [-0.4, -0.2) is 37.4 Å². The predicted octanol–water partition coefficient (Wildman–Crippen LogP) is 1.12. The van der Waals surface area contributed by atoms with Crippen LogP contribution in [0.4, 0.5) is 0 Å². The van der Waals surface area contributed by atoms with Gasteiger partial charge in [-0.05, 0) is 38.8 Å². The number of hydrogen-bond donors (Lipinski definition) is 2. The zero-order valence-corrected chi connectivity index (χ0v) is 9.10. The molecule has 1 atom stereocenters. The van der Waals surface area contributed by atoms with Crippen LogP contribution < -0.4 is 10.6 Å². The summed E-state index contributed by atoms with van der Waals surface area (Å²) in [4.78, 5) is 2.58. The predicted molar refractivity (Wildman–Crippen MR) is 59.1 cm³/mol. The molecular formula is C11H23N3. The molecule has 2 fully saturated rings. The van der Waals surface area contributed by atoms with Crippen LogP contribution in [0.5, 0.6) is 0 Å². The summed E-state index contributed by atoms with van der Waals surface area (Å²) in [6, 6.07) is 0. The molecule has 0 bridgehead atoms. The minimum absolute atomic E-state index is 0.642. The third-order valence-corrected chi connectivity index (χ3v) is 3.34. The minimum atomic E-state index is 0.642. The summed E-state index contributed by atoms with van der Waals surface area (Å²) >= 11 is 0. The van der Waals surface area contributed by atoms with E-state index < -0.39 is 0 Å². The summed E-state index contributed by atoms with van der Waals surface area (Å²) in [6.45, 7) is 4.76. The van der Waals surface area contributed by atoms with Gasteiger partial charge < -0.3 is 10.6 Å². The highest BCUT2D eigenvalue weighted by Crippen LogP contribution is 2.13. The molecule has 0 radical (unpaired) electrons. The van der Waals surface area contributed by atoms with Crippen LogP contribution in [0.25, 0.3) is 0 Å². The smallest absolute Gasteiger partial charge is 0.0608 e. The van der Waals surface area contributed by atoms with E-state index in [9.17, 15) is 0 Å². The van der Waals surface area contributed by atoms with Gasteiger partial charge in [-0.15, -0.1) is 0 Å². The van der Waals surface area contributed by atoms with Crippen molar-refractivity contribution >= 4 is 0 Å². The molecule has 0 aromatic rings. The first-order chi connectivity index (χ1) is 6.97. The molecule has 0 spiro atoms. The highest BCUT2D eigenvalue weighted by atomic mass is 15.3. The molecule has 0 amide bonds. The molecule has 2 N–H and O–H groups in total. The lowest BCUT2D eigenvalue weighted by Crippen LogP contribution is -2.48. The first kappa shape index (κ1) is 10.4. The lowest BCUT2D eigenvalue weighted by atomic mass is 10.2. The van der Waals surface area contributed by atoms with Crippen molar-refractivity contribution < 1.29 is 0 Å². The second-order valence-electron chi connectivity index (χ2n) is 4.50. The van der Waals surface area contributed by atoms with Crippen molar-refractivity contribution in [1.29, 1.82) is 0 Å². The number of hydrogen-bond acceptors (Lipinski definition) is 3. The quantitative estimate of drug-likeness (QED) is 0.659. The third-order valence-electron chi connectivity index (χ3n) is 3.34. The molecule has 14 heavy (non-hydrogen) atoms. The average molecular weight is 197 g/mol. The monoisotopic (exact) mass is 197 g/mol. The van der Waals surface area contributed by atoms with Crippen LogP contribution in [-0.2, 0) is 0 Å². The van der Waals surface area contributed by atoms with Gasteiger partial charge in [0.2, 0.25) is 0 Å². The summed E-state index contributed by atoms with van der Waals surface area (Å²) in [5.74, 6) is 0. The van der Waals surface area contributed by atoms with Gasteiger partial charge in [0.05, 0.1) is 6.17 Å². The minimum Gasteiger partial charge on any atom is -0.304 e. The van der Waals surface area contributed by atoms with Crippen LogP contribution >= 0.6 is 0 Å². The van der Waals surface area contributed by atoms with Gasteiger partial charge in [-0.1, -0.05) is 12.8 Å². The second-order valence-corrected chi connectivity index (χ2v) is 4.50. The summed E-state index contributed by atoms with van der Waals surface area (Å²) in [7, 11) is 0. The standard InChI is InChI=1S/C11H23N3/c1-2-6-11(13-8-3-1)14-9-5-4-7-12-10-14/h11-13H,1-10H2. The van der Waals surface area contributed by atoms with Gasteiger partial charge in [-0.2, -0.15) is 0 Å². The molecule has 2 saturated heterocycles. The van der Waals surface area contributed by atoms with Crippen molar-refractivity contribution in [3.63, 3.8) is 0 Å². The first-order valence-corrected chi connectivity index (χ1v) is 6.15. The van der Waals surface area contributed by atoms with Crippen LogP contribution in [0.15, 0.2) is 0 Å². The maximum absolute atomic E-state index is 3.66. The zero-order chi connectivity index (χ0) is 9.64. The number of nitrogens with zero attached hydrogens (tertiary/aromatic N) is 1. The second kappa shape index (κ2) is 5.69. The average Bonchev–Trinajstić information content (AvgIpc) is 2.62. The molecule has 0 aromatic heterocycles. The van der Waals surface area contributed by atoms with Gasteiger partial charge in [0.15, 0.2) is 0 Å². The van der Waals surface area contributed by atoms with E-state index in [-0.39, 0.29) is 0 Å². The van der Waals surface area contributed by atoms with Gasteiger partial charge >= 0.3 is 0 Å². The maximum atomic E-state index is 3.66. The van der Waals surface area contributed by atoms with Crippen molar-refractivity contribution in [2.75, 3.05) is 26.3 Å². The van der Waals surface area contributed by atoms with Gasteiger partial charge in [0.1, 0.15) is 0 Å². The highest BCUT2D eigenvalue weighted by molar-refractivity contribution is 4.74. The molecule has 2 aliphatic heterocycles. The fourth-order valence-corrected chi connectivity index (χ4v) is 2.45. The Morgan fingerprint density at radius 1 is 0.929 bits per heavy atom. The summed E-state index contributed by atoms with van der Waals surface area (Å²) < 4.78 is 0. The fourth-order valence-electron chi connectivity index (χ4n) is 2.45. The van der Waals surface area contributed by atoms with Crippen LogP contribution in [0.3, 0.4) is 0 Å². The Labute approximate surface area is 87.2 Å². The summed E-state index contributed by atoms with van der Waals surface area (Å²) in [6.07, 6.45) is 8.83. The molecule has 1 unspecified atom stereocenters. The molecule has 2 heterocycles. The van der Waals surface area contributed by atoms with Crippen molar-refractivity contribution in [3.8, 4) is 0 Å². The fraction of sp³-hybridized carbons (Fsp3) is 1.00. The topological polar surface area (TPSA) is 27.3 Å². The van der Waals surface area contributed by atoms with E-state index in [0.717, 1.165) is 6.67 Å². The number of rotatable bonds is 1. The van der Waals surface area contributed by atoms with E-state index in [2.05, 4.69) is 15.5 Å². The zero-order valence-electron chi connectivity index (χ0n) is 9.10. The van der Waals surface area contributed by atoms with Crippen molar-refractivity contribution in [3.05, 3.63) is 0 Å². The molecule has 2 rings (SSSR count). The number of nitrogens with one attached hydrogen (secondary N) is 2. The molecule has 0 aromatic carbocycles. The van der Waals surface area contributed by atoms with E-state index in [4.69, 9.17) is 0 Å². The van der Waals surface area contributed by atoms with Crippen molar-refractivity contribution in [1.82, 2.24) is 15.5 Å². The van der Waals surface area contributed by atoms with Gasteiger partial charge in [0.25, 0.3) is 0 Å². The highest BCUT2D eigenvalue weighted by Gasteiger charge is 2.19. The largest absolute Gasteiger partial charge is 0.304 e. The first-order valence-electron chi connectivity index (χ1n) is 6.15. The molecule has 0 aliphatic carbocycles. The Hall–Kier alpha value is -0.120. The lowest BCUT2D eigenvalue weighted by molar-refractivity contribution is 0.158. The van der Waals surface area contributed by atoms with Crippen LogP contribution in [0.2, 0.25) is 0 Å². The lowest BCUT2D eigenvalue weighted by Gasteiger charge is -2.30. The summed E-state index contributed by atoms with van der Waals surface area (Å²) in [5.41, 5.74) is 0. The molecule has 0 saturated carbocycles. The Morgan fingerprint density at radius 2 is 1.86 bits per heavy atom. The van der Waals surface area contributed by atoms with Gasteiger partial charge in [-0.25, -0.2) is 0 Å². The SMILES string of the molecule is C1CCNC(N2CCCCNC2)CC1. The molecule has 82 valence electrons. The maximum Gasteiger partial charge on any atom is 0.0608 e. The Morgan fingerprint density at radius 3 is 2.86 bits per heavy atom. The van der Waals surface area contributed by atoms with Gasteiger partial charge in [0, 0.05) is 13.2 Å². The Kier molecular flexibility index (Phi) is 4.22. The van der Waals surface area contributed by atoms with E-state index in [0.29, 0.717) is 6.17 Å². The Bertz CT molecular complexity index is 127. The normalized spacial score (nSPS) is 32.1. The Balaban J connectivity index is 1.83.